The predicted molar refractivity (Wildman–Crippen MR) is 106 cm³/mol. The lowest BCUT2D eigenvalue weighted by molar-refractivity contribution is -0.118. The van der Waals surface area contributed by atoms with Crippen molar-refractivity contribution in [3.05, 3.63) is 17.7 Å². The molecule has 2 N–H and O–H groups in total. The summed E-state index contributed by atoms with van der Waals surface area (Å²) in [6, 6.07) is 3.27. The molecule has 8 heteroatoms. The molecule has 1 aliphatic carbocycles. The van der Waals surface area contributed by atoms with Gasteiger partial charge >= 0.3 is 0 Å². The number of anilines is 1. The van der Waals surface area contributed by atoms with Gasteiger partial charge in [-0.3, -0.25) is 9.59 Å². The first-order valence-electron chi connectivity index (χ1n) is 8.91. The summed E-state index contributed by atoms with van der Waals surface area (Å²) >= 11 is 0. The highest BCUT2D eigenvalue weighted by Crippen LogP contribution is 2.58. The molecule has 1 unspecified atom stereocenters. The molecule has 7 nitrogen and oxygen atoms in total. The van der Waals surface area contributed by atoms with Gasteiger partial charge in [0.05, 0.1) is 25.5 Å². The minimum absolute atomic E-state index is 0. The van der Waals surface area contributed by atoms with Crippen molar-refractivity contribution >= 4 is 29.9 Å². The van der Waals surface area contributed by atoms with Gasteiger partial charge in [0.25, 0.3) is 5.91 Å². The number of nitrogens with zero attached hydrogens (tertiary/aromatic N) is 1. The fourth-order valence-electron chi connectivity index (χ4n) is 3.82. The van der Waals surface area contributed by atoms with Crippen molar-refractivity contribution in [1.82, 2.24) is 10.2 Å². The van der Waals surface area contributed by atoms with Crippen molar-refractivity contribution in [3.63, 3.8) is 0 Å². The fourth-order valence-corrected chi connectivity index (χ4v) is 3.82. The number of amides is 2. The van der Waals surface area contributed by atoms with Crippen LogP contribution in [0.5, 0.6) is 11.5 Å². The zero-order chi connectivity index (χ0) is 18.9. The molecule has 150 valence electrons. The Morgan fingerprint density at radius 1 is 1.15 bits per heavy atom. The number of piperidine rings is 1. The van der Waals surface area contributed by atoms with Gasteiger partial charge in [0.2, 0.25) is 5.91 Å². The fraction of sp³-hybridized carbons (Fsp3) is 0.579. The van der Waals surface area contributed by atoms with Crippen molar-refractivity contribution in [2.75, 3.05) is 46.7 Å². The van der Waals surface area contributed by atoms with Crippen molar-refractivity contribution in [3.8, 4) is 11.5 Å². The number of carbonyl (C=O) groups excluding carboxylic acids is 2. The summed E-state index contributed by atoms with van der Waals surface area (Å²) in [6.07, 6.45) is 2.98. The lowest BCUT2D eigenvalue weighted by atomic mass is 9.91. The van der Waals surface area contributed by atoms with Crippen LogP contribution in [0.25, 0.3) is 0 Å². The van der Waals surface area contributed by atoms with E-state index in [0.717, 1.165) is 32.4 Å². The minimum Gasteiger partial charge on any atom is -0.493 e. The summed E-state index contributed by atoms with van der Waals surface area (Å²) in [5.74, 6) is 0.725. The van der Waals surface area contributed by atoms with E-state index in [1.165, 1.54) is 19.1 Å². The van der Waals surface area contributed by atoms with E-state index in [1.54, 1.807) is 26.2 Å². The van der Waals surface area contributed by atoms with Crippen LogP contribution in [0, 0.1) is 11.3 Å². The third-order valence-electron chi connectivity index (χ3n) is 5.52. The Kier molecular flexibility index (Phi) is 6.59. The smallest absolute Gasteiger partial charge is 0.255 e. The second kappa shape index (κ2) is 8.35. The van der Waals surface area contributed by atoms with Crippen LogP contribution >= 0.6 is 12.4 Å². The monoisotopic (exact) mass is 397 g/mol. The quantitative estimate of drug-likeness (QED) is 0.795. The van der Waals surface area contributed by atoms with Gasteiger partial charge in [-0.05, 0) is 43.8 Å². The van der Waals surface area contributed by atoms with E-state index in [4.69, 9.17) is 9.47 Å². The number of carbonyl (C=O) groups is 2. The average Bonchev–Trinajstić information content (AvgIpc) is 3.34. The summed E-state index contributed by atoms with van der Waals surface area (Å²) in [7, 11) is 6.40. The standard InChI is InChI=1S/C19H27N3O4.ClH/c1-22(2)18(24)12-9-15(25-3)16(26-4)10-14(12)21-17(23)13-11-19(13)5-7-20-8-6-19;/h9-10,13,20H,5-8,11H2,1-4H3,(H,21,23);1H. The van der Waals surface area contributed by atoms with Gasteiger partial charge in [0, 0.05) is 26.1 Å². The van der Waals surface area contributed by atoms with Gasteiger partial charge in [-0.25, -0.2) is 0 Å². The van der Waals surface area contributed by atoms with Crippen LogP contribution in [-0.4, -0.2) is 58.1 Å². The SMILES string of the molecule is COc1cc(NC(=O)C2CC23CCNCC3)c(C(=O)N(C)C)cc1OC.Cl. The Morgan fingerprint density at radius 2 is 1.74 bits per heavy atom. The third-order valence-corrected chi connectivity index (χ3v) is 5.52. The molecule has 1 saturated heterocycles. The lowest BCUT2D eigenvalue weighted by Gasteiger charge is -2.23. The highest BCUT2D eigenvalue weighted by atomic mass is 35.5. The Morgan fingerprint density at radius 3 is 2.30 bits per heavy atom. The highest BCUT2D eigenvalue weighted by molar-refractivity contribution is 6.05. The highest BCUT2D eigenvalue weighted by Gasteiger charge is 2.57. The Balaban J connectivity index is 0.00000261. The van der Waals surface area contributed by atoms with Crippen LogP contribution in [0.4, 0.5) is 5.69 Å². The molecule has 0 aromatic heterocycles. The molecule has 1 saturated carbocycles. The summed E-state index contributed by atoms with van der Waals surface area (Å²) < 4.78 is 10.6. The second-order valence-electron chi connectivity index (χ2n) is 7.31. The predicted octanol–water partition coefficient (Wildman–Crippen LogP) is 2.16. The zero-order valence-electron chi connectivity index (χ0n) is 16.3. The minimum atomic E-state index is -0.200. The van der Waals surface area contributed by atoms with E-state index in [1.807, 2.05) is 0 Å². The number of ether oxygens (including phenoxy) is 2. The molecule has 1 atom stereocenters. The first-order valence-corrected chi connectivity index (χ1v) is 8.91. The van der Waals surface area contributed by atoms with Gasteiger partial charge < -0.3 is 25.0 Å². The Hall–Kier alpha value is -1.99. The van der Waals surface area contributed by atoms with Gasteiger partial charge in [-0.1, -0.05) is 0 Å². The van der Waals surface area contributed by atoms with Gasteiger partial charge in [-0.15, -0.1) is 12.4 Å². The van der Waals surface area contributed by atoms with E-state index in [9.17, 15) is 9.59 Å². The number of rotatable bonds is 5. The molecule has 1 spiro atoms. The van der Waals surface area contributed by atoms with Crippen LogP contribution < -0.4 is 20.1 Å². The molecule has 0 bridgehead atoms. The Bertz CT molecular complexity index is 717. The average molecular weight is 398 g/mol. The maximum Gasteiger partial charge on any atom is 0.255 e. The maximum absolute atomic E-state index is 12.8. The summed E-state index contributed by atoms with van der Waals surface area (Å²) in [6.45, 7) is 1.93. The summed E-state index contributed by atoms with van der Waals surface area (Å²) in [5, 5.41) is 6.30. The lowest BCUT2D eigenvalue weighted by Crippen LogP contribution is -2.32. The normalized spacial score (nSPS) is 19.6. The molecular weight excluding hydrogens is 370 g/mol. The van der Waals surface area contributed by atoms with E-state index >= 15 is 0 Å². The molecule has 27 heavy (non-hydrogen) atoms. The van der Waals surface area contributed by atoms with Crippen molar-refractivity contribution in [1.29, 1.82) is 0 Å². The first-order chi connectivity index (χ1) is 12.4. The largest absolute Gasteiger partial charge is 0.493 e. The topological polar surface area (TPSA) is 79.9 Å². The second-order valence-corrected chi connectivity index (χ2v) is 7.31. The van der Waals surface area contributed by atoms with E-state index in [2.05, 4.69) is 10.6 Å². The van der Waals surface area contributed by atoms with Crippen molar-refractivity contribution < 1.29 is 19.1 Å². The number of hydrogen-bond acceptors (Lipinski definition) is 5. The number of methoxy groups -OCH3 is 2. The first kappa shape index (κ1) is 21.3. The Labute approximate surface area is 166 Å². The summed E-state index contributed by atoms with van der Waals surface area (Å²) in [4.78, 5) is 26.9. The van der Waals surface area contributed by atoms with Crippen LogP contribution in [0.1, 0.15) is 29.6 Å². The van der Waals surface area contributed by atoms with Gasteiger partial charge in [-0.2, -0.15) is 0 Å². The van der Waals surface area contributed by atoms with E-state index in [-0.39, 0.29) is 35.6 Å². The number of benzene rings is 1. The molecule has 1 aliphatic heterocycles. The van der Waals surface area contributed by atoms with Crippen LogP contribution in [0.2, 0.25) is 0 Å². The maximum atomic E-state index is 12.8. The molecule has 2 amide bonds. The number of hydrogen-bond donors (Lipinski definition) is 2. The molecule has 3 rings (SSSR count). The molecule has 2 aliphatic rings. The van der Waals surface area contributed by atoms with E-state index in [0.29, 0.717) is 22.7 Å². The summed E-state index contributed by atoms with van der Waals surface area (Å²) in [5.41, 5.74) is 0.987. The zero-order valence-corrected chi connectivity index (χ0v) is 17.1. The molecule has 0 radical (unpaired) electrons. The number of nitrogens with one attached hydrogen (secondary N) is 2. The van der Waals surface area contributed by atoms with Crippen LogP contribution in [0.15, 0.2) is 12.1 Å². The van der Waals surface area contributed by atoms with Crippen molar-refractivity contribution in [2.24, 2.45) is 11.3 Å². The van der Waals surface area contributed by atoms with E-state index < -0.39 is 0 Å². The third kappa shape index (κ3) is 4.14. The molecule has 1 heterocycles. The molecule has 1 aromatic rings. The van der Waals surface area contributed by atoms with Crippen LogP contribution in [-0.2, 0) is 4.79 Å². The van der Waals surface area contributed by atoms with Crippen molar-refractivity contribution in [2.45, 2.75) is 19.3 Å². The molecule has 2 fully saturated rings. The number of halogens is 1. The molecular formula is C19H28ClN3O4. The van der Waals surface area contributed by atoms with Gasteiger partial charge in [0.1, 0.15) is 0 Å². The molecule has 1 aromatic carbocycles. The van der Waals surface area contributed by atoms with Crippen LogP contribution in [0.3, 0.4) is 0 Å². The van der Waals surface area contributed by atoms with Gasteiger partial charge in [0.15, 0.2) is 11.5 Å².